The van der Waals surface area contributed by atoms with Gasteiger partial charge in [0.1, 0.15) is 0 Å². The van der Waals surface area contributed by atoms with Crippen molar-refractivity contribution < 1.29 is 0 Å². The lowest BCUT2D eigenvalue weighted by Gasteiger charge is -2.14. The van der Waals surface area contributed by atoms with Crippen molar-refractivity contribution in [3.8, 4) is 39.4 Å². The highest BCUT2D eigenvalue weighted by atomic mass is 14.2. The van der Waals surface area contributed by atoms with Gasteiger partial charge in [0.05, 0.1) is 11.6 Å². The Morgan fingerprint density at radius 3 is 1.69 bits per heavy atom. The lowest BCUT2D eigenvalue weighted by atomic mass is 9.90. The number of rotatable bonds is 3. The molecule has 1 heteroatoms. The fraction of sp³-hybridized carbons (Fsp3) is 0. The Labute approximate surface area is 244 Å². The summed E-state index contributed by atoms with van der Waals surface area (Å²) in [4.78, 5) is 0. The quantitative estimate of drug-likeness (QED) is 0.208. The Balaban J connectivity index is 1.19. The van der Waals surface area contributed by atoms with Gasteiger partial charge in [0.2, 0.25) is 0 Å². The van der Waals surface area contributed by atoms with Crippen LogP contribution in [0.3, 0.4) is 0 Å². The van der Waals surface area contributed by atoms with Crippen LogP contribution in [-0.2, 0) is 0 Å². The summed E-state index contributed by atoms with van der Waals surface area (Å²) < 4.78 is 0. The first-order valence-electron chi connectivity index (χ1n) is 14.2. The molecule has 42 heavy (non-hydrogen) atoms. The van der Waals surface area contributed by atoms with E-state index in [-0.39, 0.29) is 0 Å². The Morgan fingerprint density at radius 1 is 0.357 bits per heavy atom. The van der Waals surface area contributed by atoms with E-state index < -0.39 is 0 Å². The molecule has 0 saturated carbocycles. The molecule has 0 saturated heterocycles. The van der Waals surface area contributed by atoms with Gasteiger partial charge < -0.3 is 0 Å². The average molecular weight is 532 g/mol. The summed E-state index contributed by atoms with van der Waals surface area (Å²) in [7, 11) is 0. The molecule has 8 aromatic rings. The summed E-state index contributed by atoms with van der Waals surface area (Å²) in [5.41, 5.74) is 7.69. The van der Waals surface area contributed by atoms with E-state index in [1.165, 1.54) is 65.3 Å². The maximum atomic E-state index is 9.24. The zero-order valence-corrected chi connectivity index (χ0v) is 22.9. The van der Waals surface area contributed by atoms with E-state index in [9.17, 15) is 5.26 Å². The highest BCUT2D eigenvalue weighted by Gasteiger charge is 2.12. The molecule has 0 heterocycles. The van der Waals surface area contributed by atoms with Crippen molar-refractivity contribution in [1.82, 2.24) is 0 Å². The van der Waals surface area contributed by atoms with Gasteiger partial charge in [0.15, 0.2) is 0 Å². The molecule has 8 rings (SSSR count). The summed E-state index contributed by atoms with van der Waals surface area (Å²) in [5, 5.41) is 19.4. The lowest BCUT2D eigenvalue weighted by molar-refractivity contribution is 1.48. The van der Waals surface area contributed by atoms with Crippen molar-refractivity contribution in [3.63, 3.8) is 0 Å². The number of nitrogens with zero attached hydrogens (tertiary/aromatic N) is 1. The van der Waals surface area contributed by atoms with Gasteiger partial charge >= 0.3 is 0 Å². The molecule has 0 N–H and O–H groups in total. The van der Waals surface area contributed by atoms with Crippen LogP contribution in [0.25, 0.3) is 76.5 Å². The second-order valence-electron chi connectivity index (χ2n) is 10.9. The number of fused-ring (bicyclic) bond motifs is 6. The molecule has 0 aliphatic rings. The van der Waals surface area contributed by atoms with E-state index >= 15 is 0 Å². The summed E-state index contributed by atoms with van der Waals surface area (Å²) in [6.45, 7) is 0. The molecule has 0 atom stereocenters. The smallest absolute Gasteiger partial charge is 0.0991 e. The third-order valence-corrected chi connectivity index (χ3v) is 8.44. The van der Waals surface area contributed by atoms with Crippen LogP contribution in [0.5, 0.6) is 0 Å². The molecule has 0 bridgehead atoms. The second kappa shape index (κ2) is 9.73. The van der Waals surface area contributed by atoms with Crippen molar-refractivity contribution in [2.75, 3.05) is 0 Å². The van der Waals surface area contributed by atoms with Crippen LogP contribution in [0, 0.1) is 11.3 Å². The third-order valence-electron chi connectivity index (χ3n) is 8.44. The minimum atomic E-state index is 0.677. The third kappa shape index (κ3) is 4.01. The molecule has 1 nitrogen and oxygen atoms in total. The normalized spacial score (nSPS) is 11.3. The van der Waals surface area contributed by atoms with Gasteiger partial charge in [0, 0.05) is 0 Å². The average Bonchev–Trinajstić information content (AvgIpc) is 3.07. The van der Waals surface area contributed by atoms with Crippen molar-refractivity contribution in [2.24, 2.45) is 0 Å². The fourth-order valence-corrected chi connectivity index (χ4v) is 6.33. The van der Waals surface area contributed by atoms with Crippen LogP contribution in [0.1, 0.15) is 5.56 Å². The van der Waals surface area contributed by atoms with Crippen LogP contribution < -0.4 is 0 Å². The minimum Gasteiger partial charge on any atom is -0.192 e. The van der Waals surface area contributed by atoms with E-state index in [4.69, 9.17) is 0 Å². The Morgan fingerprint density at radius 2 is 0.929 bits per heavy atom. The van der Waals surface area contributed by atoms with Crippen LogP contribution in [0.2, 0.25) is 0 Å². The van der Waals surface area contributed by atoms with E-state index in [1.807, 2.05) is 24.3 Å². The number of benzene rings is 8. The topological polar surface area (TPSA) is 23.8 Å². The van der Waals surface area contributed by atoms with Gasteiger partial charge in [-0.05, 0) is 107 Å². The van der Waals surface area contributed by atoms with Crippen molar-refractivity contribution >= 4 is 43.1 Å². The van der Waals surface area contributed by atoms with Gasteiger partial charge in [-0.1, -0.05) is 121 Å². The first-order valence-corrected chi connectivity index (χ1v) is 14.2. The molecule has 0 aromatic heterocycles. The Kier molecular flexibility index (Phi) is 5.59. The first-order chi connectivity index (χ1) is 20.7. The molecule has 0 unspecified atom stereocenters. The van der Waals surface area contributed by atoms with Crippen LogP contribution >= 0.6 is 0 Å². The van der Waals surface area contributed by atoms with E-state index in [2.05, 4.69) is 133 Å². The Bertz CT molecular complexity index is 2350. The summed E-state index contributed by atoms with van der Waals surface area (Å²) in [6.07, 6.45) is 0. The molecule has 0 radical (unpaired) electrons. The standard InChI is InChI=1S/C41H25N/c42-26-27-6-5-8-31(22-27)28-12-14-29(15-13-28)32-17-18-34-24-35(20-19-33(34)23-32)40-25-36-21-16-30-7-1-2-9-37(30)41(36)39-11-4-3-10-38(39)40/h1-25H. The number of hydrogen-bond acceptors (Lipinski definition) is 1. The predicted molar refractivity (Wildman–Crippen MR) is 177 cm³/mol. The molecule has 0 spiro atoms. The lowest BCUT2D eigenvalue weighted by Crippen LogP contribution is -1.87. The SMILES string of the molecule is N#Cc1cccc(-c2ccc(-c3ccc4cc(-c5cc6ccc7ccccc7c6c6ccccc56)ccc4c3)cc2)c1. The zero-order chi connectivity index (χ0) is 28.0. The summed E-state index contributed by atoms with van der Waals surface area (Å²) in [6, 6.07) is 56.4. The molecule has 8 aromatic carbocycles. The van der Waals surface area contributed by atoms with Gasteiger partial charge in [-0.15, -0.1) is 0 Å². The van der Waals surface area contributed by atoms with Gasteiger partial charge in [-0.2, -0.15) is 5.26 Å². The zero-order valence-electron chi connectivity index (χ0n) is 22.9. The van der Waals surface area contributed by atoms with Gasteiger partial charge in [0.25, 0.3) is 0 Å². The summed E-state index contributed by atoms with van der Waals surface area (Å²) >= 11 is 0. The van der Waals surface area contributed by atoms with Crippen molar-refractivity contribution in [2.45, 2.75) is 0 Å². The Hall–Kier alpha value is -5.71. The monoisotopic (exact) mass is 531 g/mol. The second-order valence-corrected chi connectivity index (χ2v) is 10.9. The maximum Gasteiger partial charge on any atom is 0.0991 e. The number of hydrogen-bond donors (Lipinski definition) is 0. The van der Waals surface area contributed by atoms with Crippen LogP contribution in [0.4, 0.5) is 0 Å². The minimum absolute atomic E-state index is 0.677. The molecule has 0 aliphatic carbocycles. The molecule has 0 fully saturated rings. The van der Waals surface area contributed by atoms with E-state index in [1.54, 1.807) is 0 Å². The van der Waals surface area contributed by atoms with Crippen molar-refractivity contribution in [1.29, 1.82) is 5.26 Å². The maximum absolute atomic E-state index is 9.24. The van der Waals surface area contributed by atoms with Crippen LogP contribution in [-0.4, -0.2) is 0 Å². The van der Waals surface area contributed by atoms with E-state index in [0.29, 0.717) is 5.56 Å². The van der Waals surface area contributed by atoms with Crippen molar-refractivity contribution in [3.05, 3.63) is 157 Å². The highest BCUT2D eigenvalue weighted by molar-refractivity contribution is 6.23. The van der Waals surface area contributed by atoms with Gasteiger partial charge in [-0.25, -0.2) is 0 Å². The van der Waals surface area contributed by atoms with Crippen LogP contribution in [0.15, 0.2) is 152 Å². The van der Waals surface area contributed by atoms with E-state index in [0.717, 1.165) is 11.1 Å². The molecule has 0 aliphatic heterocycles. The first kappa shape index (κ1) is 24.1. The molecule has 0 amide bonds. The molecule has 194 valence electrons. The number of nitriles is 1. The molecular weight excluding hydrogens is 506 g/mol. The predicted octanol–water partition coefficient (Wildman–Crippen LogP) is 11.2. The fourth-order valence-electron chi connectivity index (χ4n) is 6.33. The van der Waals surface area contributed by atoms with Gasteiger partial charge in [-0.3, -0.25) is 0 Å². The molecular formula is C41H25N. The highest BCUT2D eigenvalue weighted by Crippen LogP contribution is 2.39. The summed E-state index contributed by atoms with van der Waals surface area (Å²) in [5.74, 6) is 0. The largest absolute Gasteiger partial charge is 0.192 e.